The standard InChI is InChI=1S/C19H22N4S2/c1-14-7-3-4-8-15(14)18-20-23(19(24)21(18)2)13-22-11-5-9-16(22)17-10-6-12-25-17/h3-4,6-8,10,12,16H,5,9,11,13H2,1-2H3/t16-/m0/s1. The van der Waals surface area contributed by atoms with E-state index in [1.165, 1.54) is 23.3 Å². The zero-order chi connectivity index (χ0) is 17.4. The topological polar surface area (TPSA) is 26.0 Å². The van der Waals surface area contributed by atoms with Gasteiger partial charge in [-0.1, -0.05) is 30.3 Å². The zero-order valence-electron chi connectivity index (χ0n) is 14.6. The summed E-state index contributed by atoms with van der Waals surface area (Å²) in [5.41, 5.74) is 2.36. The molecule has 1 fully saturated rings. The van der Waals surface area contributed by atoms with Crippen LogP contribution in [0.3, 0.4) is 0 Å². The van der Waals surface area contributed by atoms with Crippen LogP contribution >= 0.6 is 23.6 Å². The van der Waals surface area contributed by atoms with E-state index >= 15 is 0 Å². The van der Waals surface area contributed by atoms with Gasteiger partial charge in [-0.25, -0.2) is 4.68 Å². The number of hydrogen-bond acceptors (Lipinski definition) is 4. The normalized spacial score (nSPS) is 18.1. The number of aryl methyl sites for hydroxylation is 1. The monoisotopic (exact) mass is 370 g/mol. The van der Waals surface area contributed by atoms with Crippen molar-refractivity contribution in [2.75, 3.05) is 6.54 Å². The predicted molar refractivity (Wildman–Crippen MR) is 105 cm³/mol. The van der Waals surface area contributed by atoms with Crippen molar-refractivity contribution in [2.24, 2.45) is 7.05 Å². The molecule has 3 aromatic rings. The van der Waals surface area contributed by atoms with Crippen molar-refractivity contribution in [3.8, 4) is 11.4 Å². The molecule has 0 amide bonds. The molecule has 130 valence electrons. The fourth-order valence-electron chi connectivity index (χ4n) is 3.61. The van der Waals surface area contributed by atoms with Crippen molar-refractivity contribution in [2.45, 2.75) is 32.5 Å². The van der Waals surface area contributed by atoms with Gasteiger partial charge in [0.15, 0.2) is 10.6 Å². The molecule has 3 heterocycles. The van der Waals surface area contributed by atoms with E-state index in [2.05, 4.69) is 53.6 Å². The van der Waals surface area contributed by atoms with E-state index < -0.39 is 0 Å². The van der Waals surface area contributed by atoms with E-state index in [0.717, 1.165) is 29.4 Å². The second-order valence-electron chi connectivity index (χ2n) is 6.61. The molecule has 1 aliphatic rings. The number of hydrogen-bond donors (Lipinski definition) is 0. The van der Waals surface area contributed by atoms with Crippen molar-refractivity contribution < 1.29 is 0 Å². The molecule has 4 nitrogen and oxygen atoms in total. The summed E-state index contributed by atoms with van der Waals surface area (Å²) in [4.78, 5) is 3.94. The van der Waals surface area contributed by atoms with Gasteiger partial charge >= 0.3 is 0 Å². The van der Waals surface area contributed by atoms with Crippen LogP contribution in [-0.4, -0.2) is 25.8 Å². The number of nitrogens with zero attached hydrogens (tertiary/aromatic N) is 4. The van der Waals surface area contributed by atoms with Gasteiger partial charge in [-0.15, -0.1) is 11.3 Å². The third-order valence-electron chi connectivity index (χ3n) is 4.98. The predicted octanol–water partition coefficient (Wildman–Crippen LogP) is 4.78. The molecule has 0 N–H and O–H groups in total. The van der Waals surface area contributed by atoms with Gasteiger partial charge in [0.25, 0.3) is 0 Å². The first-order valence-electron chi connectivity index (χ1n) is 8.62. The second kappa shape index (κ2) is 6.86. The first-order chi connectivity index (χ1) is 12.1. The van der Waals surface area contributed by atoms with Crippen LogP contribution in [0.5, 0.6) is 0 Å². The minimum Gasteiger partial charge on any atom is -0.303 e. The van der Waals surface area contributed by atoms with Crippen molar-refractivity contribution >= 4 is 23.6 Å². The minimum absolute atomic E-state index is 0.491. The maximum atomic E-state index is 5.67. The lowest BCUT2D eigenvalue weighted by Crippen LogP contribution is -2.26. The summed E-state index contributed by atoms with van der Waals surface area (Å²) in [6.07, 6.45) is 2.44. The summed E-state index contributed by atoms with van der Waals surface area (Å²) >= 11 is 7.51. The smallest absolute Gasteiger partial charge is 0.199 e. The summed E-state index contributed by atoms with van der Waals surface area (Å²) in [7, 11) is 2.01. The van der Waals surface area contributed by atoms with E-state index in [9.17, 15) is 0 Å². The van der Waals surface area contributed by atoms with Crippen molar-refractivity contribution in [3.63, 3.8) is 0 Å². The highest BCUT2D eigenvalue weighted by atomic mass is 32.1. The lowest BCUT2D eigenvalue weighted by atomic mass is 10.1. The number of rotatable bonds is 4. The molecule has 0 bridgehead atoms. The van der Waals surface area contributed by atoms with Crippen LogP contribution in [-0.2, 0) is 13.7 Å². The Balaban J connectivity index is 1.65. The quantitative estimate of drug-likeness (QED) is 0.618. The molecule has 0 spiro atoms. The van der Waals surface area contributed by atoms with Crippen molar-refractivity contribution in [1.29, 1.82) is 0 Å². The largest absolute Gasteiger partial charge is 0.303 e. The van der Waals surface area contributed by atoms with E-state index in [1.807, 2.05) is 27.6 Å². The van der Waals surface area contributed by atoms with Gasteiger partial charge in [0, 0.05) is 30.1 Å². The van der Waals surface area contributed by atoms with E-state index in [1.54, 1.807) is 0 Å². The summed E-state index contributed by atoms with van der Waals surface area (Å²) in [5, 5.41) is 7.02. The van der Waals surface area contributed by atoms with Crippen LogP contribution in [0.2, 0.25) is 0 Å². The van der Waals surface area contributed by atoms with Gasteiger partial charge in [-0.05, 0) is 49.0 Å². The average Bonchev–Trinajstić information content (AvgIpc) is 3.33. The van der Waals surface area contributed by atoms with Crippen LogP contribution < -0.4 is 0 Å². The number of aromatic nitrogens is 3. The maximum absolute atomic E-state index is 5.67. The van der Waals surface area contributed by atoms with E-state index in [4.69, 9.17) is 17.3 Å². The zero-order valence-corrected chi connectivity index (χ0v) is 16.2. The molecule has 1 saturated heterocycles. The Morgan fingerprint density at radius 1 is 1.24 bits per heavy atom. The lowest BCUT2D eigenvalue weighted by Gasteiger charge is -2.23. The third kappa shape index (κ3) is 3.10. The van der Waals surface area contributed by atoms with Crippen molar-refractivity contribution in [1.82, 2.24) is 19.2 Å². The fraction of sp³-hybridized carbons (Fsp3) is 0.368. The Morgan fingerprint density at radius 3 is 2.84 bits per heavy atom. The Hall–Kier alpha value is -1.76. The first kappa shape index (κ1) is 16.7. The van der Waals surface area contributed by atoms with Crippen LogP contribution in [0.4, 0.5) is 0 Å². The summed E-state index contributed by atoms with van der Waals surface area (Å²) in [6, 6.07) is 13.2. The lowest BCUT2D eigenvalue weighted by molar-refractivity contribution is 0.192. The summed E-state index contributed by atoms with van der Waals surface area (Å²) in [5.74, 6) is 0.940. The van der Waals surface area contributed by atoms with Gasteiger partial charge in [0.1, 0.15) is 0 Å². The number of likely N-dealkylation sites (tertiary alicyclic amines) is 1. The molecule has 6 heteroatoms. The van der Waals surface area contributed by atoms with E-state index in [0.29, 0.717) is 6.04 Å². The SMILES string of the molecule is Cc1ccccc1-c1nn(CN2CCC[C@H]2c2cccs2)c(=S)n1C. The molecule has 1 atom stereocenters. The van der Waals surface area contributed by atoms with Crippen LogP contribution in [0.1, 0.15) is 29.3 Å². The van der Waals surface area contributed by atoms with Gasteiger partial charge in [-0.2, -0.15) is 5.10 Å². The summed E-state index contributed by atoms with van der Waals surface area (Å²) < 4.78 is 4.77. The fourth-order valence-corrected chi connectivity index (χ4v) is 4.69. The Morgan fingerprint density at radius 2 is 2.08 bits per heavy atom. The molecule has 25 heavy (non-hydrogen) atoms. The van der Waals surface area contributed by atoms with Gasteiger partial charge < -0.3 is 4.57 Å². The second-order valence-corrected chi connectivity index (χ2v) is 7.95. The molecule has 0 radical (unpaired) electrons. The molecule has 1 aromatic carbocycles. The highest BCUT2D eigenvalue weighted by Gasteiger charge is 2.27. The van der Waals surface area contributed by atoms with E-state index in [-0.39, 0.29) is 0 Å². The van der Waals surface area contributed by atoms with Crippen molar-refractivity contribution in [3.05, 3.63) is 57.0 Å². The molecule has 2 aromatic heterocycles. The first-order valence-corrected chi connectivity index (χ1v) is 9.91. The Bertz CT molecular complexity index is 923. The minimum atomic E-state index is 0.491. The molecule has 0 unspecified atom stereocenters. The highest BCUT2D eigenvalue weighted by molar-refractivity contribution is 7.71. The molecule has 0 saturated carbocycles. The molecule has 1 aliphatic heterocycles. The molecule has 4 rings (SSSR count). The Kier molecular flexibility index (Phi) is 4.58. The van der Waals surface area contributed by atoms with Crippen LogP contribution in [0.25, 0.3) is 11.4 Å². The van der Waals surface area contributed by atoms with Gasteiger partial charge in [0.05, 0.1) is 6.67 Å². The third-order valence-corrected chi connectivity index (χ3v) is 6.44. The number of thiophene rings is 1. The van der Waals surface area contributed by atoms with Crippen LogP contribution in [0.15, 0.2) is 41.8 Å². The highest BCUT2D eigenvalue weighted by Crippen LogP contribution is 2.34. The Labute approximate surface area is 157 Å². The molecular formula is C19H22N4S2. The van der Waals surface area contributed by atoms with Gasteiger partial charge in [-0.3, -0.25) is 4.90 Å². The van der Waals surface area contributed by atoms with Crippen LogP contribution in [0, 0.1) is 11.7 Å². The van der Waals surface area contributed by atoms with Gasteiger partial charge in [0.2, 0.25) is 0 Å². The maximum Gasteiger partial charge on any atom is 0.199 e. The molecule has 0 aliphatic carbocycles. The number of benzene rings is 1. The molecular weight excluding hydrogens is 348 g/mol. The summed E-state index contributed by atoms with van der Waals surface area (Å²) in [6.45, 7) is 3.96. The average molecular weight is 371 g/mol.